The summed E-state index contributed by atoms with van der Waals surface area (Å²) < 4.78 is 9.70. The van der Waals surface area contributed by atoms with Gasteiger partial charge in [0.05, 0.1) is 33.5 Å². The number of fused-ring (bicyclic) bond motifs is 14. The second-order valence-corrected chi connectivity index (χ2v) is 36.0. The van der Waals surface area contributed by atoms with Crippen LogP contribution in [0.15, 0.2) is 473 Å². The van der Waals surface area contributed by atoms with Gasteiger partial charge in [-0.05, 0) is 147 Å². The molecule has 8 heterocycles. The van der Waals surface area contributed by atoms with Crippen molar-refractivity contribution in [2.24, 2.45) is 0 Å². The number of pyridine rings is 2. The van der Waals surface area contributed by atoms with Crippen LogP contribution in [0.3, 0.4) is 0 Å². The van der Waals surface area contributed by atoms with Crippen LogP contribution in [0, 0.1) is 0 Å². The normalized spacial score (nSPS) is 11.5. The fraction of sp³-hybridized carbons (Fsp3) is 0. The smallest absolute Gasteiger partial charge is 0.166 e. The lowest BCUT2D eigenvalue weighted by atomic mass is 9.90. The lowest BCUT2D eigenvalue weighted by molar-refractivity contribution is 1.07. The number of rotatable bonds is 16. The first kappa shape index (κ1) is 80.4. The van der Waals surface area contributed by atoms with Crippen molar-refractivity contribution < 1.29 is 0 Å². The summed E-state index contributed by atoms with van der Waals surface area (Å²) in [6, 6.07) is 162. The molecule has 0 radical (unpaired) electrons. The number of para-hydroxylation sites is 4. The number of nitrogens with zero attached hydrogens (tertiary/aromatic N) is 10. The standard InChI is InChI=1S/2C62H39N5S/c1-6-19-40(20-7-1)47-34-33-44(37-51(47)41-21-8-2-9-22-41)45-38-52(62-65-60(42-23-10-3-11-24-42)64-61(66-62)43-25-12-4-13-26-43)58(63-39-45)49-30-18-32-55-56(49)50-35-36-54-57(59(50)68-55)48-29-16-17-31-53(48)67(54)46-27-14-5-15-28-46;1-6-18-40(19-7-1)48-32-30-44(36-51(48)41-20-8-2-9-21-41)46-38-53(62-65-60(42-22-10-3-11-23-42)64-61(66-62)43-24-12-4-13-25-43)58(63-39-46)45-31-35-56-52(37-45)49-33-34-55-57(59(49)68-56)50-28-16-17-29-54(50)67(55)47-26-14-5-15-27-47/h2*1-39H. The van der Waals surface area contributed by atoms with Gasteiger partial charge in [-0.2, -0.15) is 0 Å². The molecule has 0 aliphatic heterocycles. The predicted molar refractivity (Wildman–Crippen MR) is 566 cm³/mol. The Morgan fingerprint density at radius 1 is 0.169 bits per heavy atom. The predicted octanol–water partition coefficient (Wildman–Crippen LogP) is 32.8. The number of benzene rings is 18. The summed E-state index contributed by atoms with van der Waals surface area (Å²) in [7, 11) is 0. The van der Waals surface area contributed by atoms with Crippen LogP contribution in [0.4, 0.5) is 0 Å². The van der Waals surface area contributed by atoms with Crippen LogP contribution < -0.4 is 0 Å². The van der Waals surface area contributed by atoms with Crippen molar-refractivity contribution in [3.63, 3.8) is 0 Å². The lowest BCUT2D eigenvalue weighted by Gasteiger charge is -2.16. The Labute approximate surface area is 792 Å². The van der Waals surface area contributed by atoms with E-state index in [9.17, 15) is 0 Å². The zero-order chi connectivity index (χ0) is 89.9. The average Bonchev–Trinajstić information content (AvgIpc) is 1.56. The maximum atomic E-state index is 5.48. The van der Waals surface area contributed by atoms with E-state index in [1.807, 2.05) is 132 Å². The molecule has 0 N–H and O–H groups in total. The highest BCUT2D eigenvalue weighted by Crippen LogP contribution is 2.51. The van der Waals surface area contributed by atoms with Gasteiger partial charge in [-0.1, -0.05) is 370 Å². The Morgan fingerprint density at radius 3 is 0.941 bits per heavy atom. The first-order valence-corrected chi connectivity index (χ1v) is 47.2. The summed E-state index contributed by atoms with van der Waals surface area (Å²) >= 11 is 3.69. The molecule has 636 valence electrons. The minimum absolute atomic E-state index is 0.552. The molecular weight excluding hydrogens is 1690 g/mol. The van der Waals surface area contributed by atoms with Crippen molar-refractivity contribution >= 4 is 107 Å². The van der Waals surface area contributed by atoms with E-state index < -0.39 is 0 Å². The highest BCUT2D eigenvalue weighted by molar-refractivity contribution is 7.27. The number of thiophene rings is 2. The van der Waals surface area contributed by atoms with Crippen molar-refractivity contribution in [3.8, 4) is 169 Å². The summed E-state index contributed by atoms with van der Waals surface area (Å²) in [5.74, 6) is 3.50. The third kappa shape index (κ3) is 14.6. The van der Waals surface area contributed by atoms with E-state index in [2.05, 4.69) is 373 Å². The van der Waals surface area contributed by atoms with Gasteiger partial charge in [0, 0.05) is 141 Å². The van der Waals surface area contributed by atoms with Gasteiger partial charge in [-0.3, -0.25) is 9.97 Å². The summed E-state index contributed by atoms with van der Waals surface area (Å²) in [6.45, 7) is 0. The Bertz CT molecular complexity index is 8940. The molecule has 26 aromatic rings. The van der Waals surface area contributed by atoms with E-state index in [-0.39, 0.29) is 0 Å². The summed E-state index contributed by atoms with van der Waals surface area (Å²) in [6.07, 6.45) is 4.02. The molecule has 0 saturated carbocycles. The first-order valence-electron chi connectivity index (χ1n) is 45.6. The monoisotopic (exact) mass is 1770 g/mol. The molecule has 0 fully saturated rings. The van der Waals surface area contributed by atoms with Crippen LogP contribution in [0.25, 0.3) is 253 Å². The van der Waals surface area contributed by atoms with Crippen LogP contribution in [0.2, 0.25) is 0 Å². The third-order valence-electron chi connectivity index (χ3n) is 25.8. The molecule has 10 nitrogen and oxygen atoms in total. The Morgan fingerprint density at radius 2 is 0.507 bits per heavy atom. The molecule has 0 bridgehead atoms. The number of aromatic nitrogens is 10. The van der Waals surface area contributed by atoms with Crippen molar-refractivity contribution in [2.45, 2.75) is 0 Å². The van der Waals surface area contributed by atoms with E-state index in [0.717, 1.165) is 128 Å². The maximum Gasteiger partial charge on any atom is 0.166 e. The minimum atomic E-state index is 0.552. The average molecular weight is 1770 g/mol. The maximum absolute atomic E-state index is 5.48. The van der Waals surface area contributed by atoms with Gasteiger partial charge in [-0.15, -0.1) is 22.7 Å². The summed E-state index contributed by atoms with van der Waals surface area (Å²) in [4.78, 5) is 42.2. The van der Waals surface area contributed by atoms with Gasteiger partial charge < -0.3 is 9.13 Å². The number of hydrogen-bond acceptors (Lipinski definition) is 10. The molecule has 12 heteroatoms. The van der Waals surface area contributed by atoms with Crippen molar-refractivity contribution in [2.75, 3.05) is 0 Å². The van der Waals surface area contributed by atoms with E-state index in [4.69, 9.17) is 39.9 Å². The van der Waals surface area contributed by atoms with Crippen LogP contribution >= 0.6 is 22.7 Å². The molecule has 136 heavy (non-hydrogen) atoms. The molecule has 0 amide bonds. The van der Waals surface area contributed by atoms with Gasteiger partial charge in [0.2, 0.25) is 0 Å². The van der Waals surface area contributed by atoms with E-state index in [1.54, 1.807) is 0 Å². The van der Waals surface area contributed by atoms with E-state index in [0.29, 0.717) is 34.9 Å². The van der Waals surface area contributed by atoms with Crippen LogP contribution in [-0.2, 0) is 0 Å². The van der Waals surface area contributed by atoms with Gasteiger partial charge in [0.1, 0.15) is 0 Å². The zero-order valence-corrected chi connectivity index (χ0v) is 75.0. The second kappa shape index (κ2) is 34.6. The minimum Gasteiger partial charge on any atom is -0.309 e. The Kier molecular flexibility index (Phi) is 20.4. The zero-order valence-electron chi connectivity index (χ0n) is 73.3. The van der Waals surface area contributed by atoms with Crippen molar-refractivity contribution in [1.29, 1.82) is 0 Å². The van der Waals surface area contributed by atoms with Gasteiger partial charge in [0.15, 0.2) is 34.9 Å². The first-order chi connectivity index (χ1) is 67.4. The molecule has 18 aromatic carbocycles. The molecule has 0 spiro atoms. The van der Waals surface area contributed by atoms with Crippen LogP contribution in [-0.4, -0.2) is 49.0 Å². The second-order valence-electron chi connectivity index (χ2n) is 33.9. The lowest BCUT2D eigenvalue weighted by Crippen LogP contribution is -2.02. The molecule has 0 unspecified atom stereocenters. The summed E-state index contributed by atoms with van der Waals surface area (Å²) in [5.41, 5.74) is 29.2. The van der Waals surface area contributed by atoms with Gasteiger partial charge >= 0.3 is 0 Å². The quantitative estimate of drug-likeness (QED) is 0.0940. The fourth-order valence-electron chi connectivity index (χ4n) is 19.5. The Hall–Kier alpha value is -17.7. The highest BCUT2D eigenvalue weighted by atomic mass is 32.1. The topological polar surface area (TPSA) is 113 Å². The van der Waals surface area contributed by atoms with Crippen LogP contribution in [0.1, 0.15) is 0 Å². The fourth-order valence-corrected chi connectivity index (χ4v) is 22.0. The van der Waals surface area contributed by atoms with Crippen molar-refractivity contribution in [3.05, 3.63) is 473 Å². The van der Waals surface area contributed by atoms with Gasteiger partial charge in [0.25, 0.3) is 0 Å². The SMILES string of the molecule is c1ccc(-c2nc(-c3ccccc3)nc(-c3cc(-c4ccc(-c5ccccc5)c(-c5ccccc5)c4)cnc3-c3ccc4sc5c(ccc6c5c5ccccc5n6-c5ccccc5)c4c3)n2)cc1.c1ccc(-c2nc(-c3ccccc3)nc(-c3cc(-c4ccc(-c5ccccc5)c(-c5ccccc5)c4)cnc3-c3cccc4sc5c(ccc6c5c5ccccc5n6-c5ccccc5)c34)n2)cc1. The highest BCUT2D eigenvalue weighted by Gasteiger charge is 2.28. The molecule has 8 aromatic heterocycles. The largest absolute Gasteiger partial charge is 0.309 e. The number of hydrogen-bond donors (Lipinski definition) is 0. The molecule has 26 rings (SSSR count). The third-order valence-corrected chi connectivity index (χ3v) is 28.2. The molecule has 0 atom stereocenters. The Balaban J connectivity index is 0.000000145. The van der Waals surface area contributed by atoms with Crippen LogP contribution in [0.5, 0.6) is 0 Å². The van der Waals surface area contributed by atoms with Gasteiger partial charge in [-0.25, -0.2) is 29.9 Å². The molecular formula is C124H78N10S2. The van der Waals surface area contributed by atoms with Crippen molar-refractivity contribution in [1.82, 2.24) is 49.0 Å². The van der Waals surface area contributed by atoms with E-state index >= 15 is 0 Å². The molecule has 0 aliphatic carbocycles. The summed E-state index contributed by atoms with van der Waals surface area (Å²) in [5, 5.41) is 9.76. The van der Waals surface area contributed by atoms with E-state index in [1.165, 1.54) is 89.7 Å². The molecule has 0 aliphatic rings. The molecule has 0 saturated heterocycles.